The van der Waals surface area contributed by atoms with Crippen molar-refractivity contribution in [2.45, 2.75) is 0 Å². The molecule has 148 valence electrons. The third kappa shape index (κ3) is 4.05. The van der Waals surface area contributed by atoms with E-state index >= 15 is 0 Å². The molecule has 0 atom stereocenters. The number of aryl methyl sites for hydroxylation is 2. The van der Waals surface area contributed by atoms with Gasteiger partial charge in [-0.25, -0.2) is 9.97 Å². The molecular formula is C25H22N4O. The van der Waals surface area contributed by atoms with Gasteiger partial charge < -0.3 is 9.13 Å². The topological polar surface area (TPSA) is 52.7 Å². The molecule has 30 heavy (non-hydrogen) atoms. The fourth-order valence-electron chi connectivity index (χ4n) is 3.27. The van der Waals surface area contributed by atoms with Crippen LogP contribution in [-0.4, -0.2) is 24.9 Å². The quantitative estimate of drug-likeness (QED) is 0.346. The van der Waals surface area contributed by atoms with Crippen LogP contribution in [0.5, 0.6) is 0 Å². The van der Waals surface area contributed by atoms with Gasteiger partial charge in [0.1, 0.15) is 11.6 Å². The van der Waals surface area contributed by atoms with E-state index in [1.165, 1.54) is 12.2 Å². The van der Waals surface area contributed by atoms with Gasteiger partial charge in [0.05, 0.1) is 22.1 Å². The number of hydrogen-bond donors (Lipinski definition) is 0. The van der Waals surface area contributed by atoms with Crippen molar-refractivity contribution >= 4 is 40.0 Å². The zero-order valence-electron chi connectivity index (χ0n) is 16.9. The SMILES string of the molecule is Cn1c(/C=C/C=C/C(=O)/C=C/C=C/c2nc3ccccc3n2C)nc2ccccc21. The Morgan fingerprint density at radius 1 is 0.700 bits per heavy atom. The van der Waals surface area contributed by atoms with Crippen LogP contribution in [0.1, 0.15) is 11.6 Å². The molecule has 0 spiro atoms. The van der Waals surface area contributed by atoms with Crippen molar-refractivity contribution in [1.82, 2.24) is 19.1 Å². The molecule has 2 aromatic carbocycles. The number of allylic oxidation sites excluding steroid dienone is 6. The van der Waals surface area contributed by atoms with Crippen LogP contribution in [0.3, 0.4) is 0 Å². The van der Waals surface area contributed by atoms with E-state index in [4.69, 9.17) is 0 Å². The van der Waals surface area contributed by atoms with Gasteiger partial charge in [-0.15, -0.1) is 0 Å². The van der Waals surface area contributed by atoms with Crippen LogP contribution < -0.4 is 0 Å². The molecule has 5 heteroatoms. The van der Waals surface area contributed by atoms with Gasteiger partial charge in [-0.1, -0.05) is 48.6 Å². The molecule has 5 nitrogen and oxygen atoms in total. The van der Waals surface area contributed by atoms with Crippen molar-refractivity contribution in [1.29, 1.82) is 0 Å². The van der Waals surface area contributed by atoms with Crippen molar-refractivity contribution in [3.05, 3.63) is 96.6 Å². The molecule has 0 aliphatic heterocycles. The van der Waals surface area contributed by atoms with Gasteiger partial charge in [0.2, 0.25) is 0 Å². The first kappa shape index (κ1) is 19.3. The van der Waals surface area contributed by atoms with Gasteiger partial charge in [0, 0.05) is 14.1 Å². The summed E-state index contributed by atoms with van der Waals surface area (Å²) < 4.78 is 4.04. The number of fused-ring (bicyclic) bond motifs is 2. The number of imidazole rings is 2. The molecule has 0 aliphatic carbocycles. The van der Waals surface area contributed by atoms with Gasteiger partial charge in [-0.3, -0.25) is 4.79 Å². The van der Waals surface area contributed by atoms with E-state index in [2.05, 4.69) is 9.97 Å². The highest BCUT2D eigenvalue weighted by Crippen LogP contribution is 2.16. The van der Waals surface area contributed by atoms with E-state index in [0.29, 0.717) is 0 Å². The second kappa shape index (κ2) is 8.57. The number of hydrogen-bond acceptors (Lipinski definition) is 3. The Balaban J connectivity index is 1.36. The van der Waals surface area contributed by atoms with E-state index in [0.717, 1.165) is 33.7 Å². The molecule has 0 saturated heterocycles. The van der Waals surface area contributed by atoms with Gasteiger partial charge in [0.25, 0.3) is 0 Å². The van der Waals surface area contributed by atoms with Crippen molar-refractivity contribution < 1.29 is 4.79 Å². The van der Waals surface area contributed by atoms with E-state index in [-0.39, 0.29) is 5.78 Å². The standard InChI is InChI=1S/C25H22N4O/c1-28-22-15-7-5-13-20(22)26-24(28)17-9-3-11-19(30)12-4-10-18-25-27-21-14-6-8-16-23(21)29(25)2/h3-18H,1-2H3/b11-3+,12-4+,17-9+,18-10+. The number of carbonyl (C=O) groups is 1. The average molecular weight is 394 g/mol. The molecule has 4 aromatic rings. The first-order valence-corrected chi connectivity index (χ1v) is 9.70. The largest absolute Gasteiger partial charge is 0.328 e. The van der Waals surface area contributed by atoms with Crippen LogP contribution in [0.2, 0.25) is 0 Å². The summed E-state index contributed by atoms with van der Waals surface area (Å²) in [6, 6.07) is 16.0. The molecule has 2 aromatic heterocycles. The highest BCUT2D eigenvalue weighted by atomic mass is 16.1. The molecule has 0 amide bonds. The van der Waals surface area contributed by atoms with Crippen molar-refractivity contribution in [3.63, 3.8) is 0 Å². The summed E-state index contributed by atoms with van der Waals surface area (Å²) in [5.74, 6) is 1.60. The smallest absolute Gasteiger partial charge is 0.178 e. The van der Waals surface area contributed by atoms with Gasteiger partial charge in [-0.05, 0) is 48.6 Å². The van der Waals surface area contributed by atoms with Crippen molar-refractivity contribution in [2.24, 2.45) is 14.1 Å². The maximum atomic E-state index is 12.0. The number of carbonyl (C=O) groups excluding carboxylic acids is 1. The maximum absolute atomic E-state index is 12.0. The molecule has 0 unspecified atom stereocenters. The number of ketones is 1. The van der Waals surface area contributed by atoms with E-state index in [1.807, 2.05) is 96.1 Å². The number of para-hydroxylation sites is 4. The fraction of sp³-hybridized carbons (Fsp3) is 0.0800. The summed E-state index contributed by atoms with van der Waals surface area (Å²) >= 11 is 0. The summed E-state index contributed by atoms with van der Waals surface area (Å²) in [5, 5.41) is 0. The number of nitrogens with zero attached hydrogens (tertiary/aromatic N) is 4. The molecule has 0 bridgehead atoms. The van der Waals surface area contributed by atoms with Gasteiger partial charge in [-0.2, -0.15) is 0 Å². The lowest BCUT2D eigenvalue weighted by molar-refractivity contribution is -0.110. The molecule has 0 fully saturated rings. The minimum atomic E-state index is -0.0840. The van der Waals surface area contributed by atoms with E-state index in [9.17, 15) is 4.79 Å². The van der Waals surface area contributed by atoms with Crippen LogP contribution in [0.25, 0.3) is 34.2 Å². The summed E-state index contributed by atoms with van der Waals surface area (Å²) in [6.45, 7) is 0. The van der Waals surface area contributed by atoms with Crippen molar-refractivity contribution in [3.8, 4) is 0 Å². The Morgan fingerprint density at radius 2 is 1.13 bits per heavy atom. The zero-order chi connectivity index (χ0) is 20.9. The second-order valence-electron chi connectivity index (χ2n) is 6.87. The molecule has 0 aliphatic rings. The van der Waals surface area contributed by atoms with Crippen LogP contribution in [0, 0.1) is 0 Å². The Labute approximate surface area is 175 Å². The van der Waals surface area contributed by atoms with Crippen LogP contribution >= 0.6 is 0 Å². The van der Waals surface area contributed by atoms with E-state index in [1.54, 1.807) is 12.2 Å². The lowest BCUT2D eigenvalue weighted by atomic mass is 10.3. The monoisotopic (exact) mass is 394 g/mol. The molecule has 0 saturated carbocycles. The summed E-state index contributed by atoms with van der Waals surface area (Å²) in [7, 11) is 3.95. The highest BCUT2D eigenvalue weighted by molar-refractivity contribution is 5.99. The first-order chi connectivity index (χ1) is 14.6. The summed E-state index contributed by atoms with van der Waals surface area (Å²) in [5.41, 5.74) is 4.06. The number of aromatic nitrogens is 4. The molecule has 4 rings (SSSR count). The lowest BCUT2D eigenvalue weighted by Crippen LogP contribution is -1.90. The molecule has 0 N–H and O–H groups in total. The van der Waals surface area contributed by atoms with Crippen LogP contribution in [0.4, 0.5) is 0 Å². The Bertz CT molecular complexity index is 1230. The predicted molar refractivity (Wildman–Crippen MR) is 123 cm³/mol. The maximum Gasteiger partial charge on any atom is 0.178 e. The predicted octanol–water partition coefficient (Wildman–Crippen LogP) is 4.87. The Morgan fingerprint density at radius 3 is 1.57 bits per heavy atom. The molecular weight excluding hydrogens is 372 g/mol. The second-order valence-corrected chi connectivity index (χ2v) is 6.87. The third-order valence-electron chi connectivity index (χ3n) is 4.88. The van der Waals surface area contributed by atoms with E-state index < -0.39 is 0 Å². The third-order valence-corrected chi connectivity index (χ3v) is 4.88. The normalized spacial score (nSPS) is 12.6. The molecule has 2 heterocycles. The van der Waals surface area contributed by atoms with Gasteiger partial charge in [0.15, 0.2) is 5.78 Å². The van der Waals surface area contributed by atoms with Crippen LogP contribution in [0.15, 0.2) is 85.0 Å². The zero-order valence-corrected chi connectivity index (χ0v) is 16.9. The minimum absolute atomic E-state index is 0.0840. The minimum Gasteiger partial charge on any atom is -0.328 e. The van der Waals surface area contributed by atoms with Crippen LogP contribution in [-0.2, 0) is 18.9 Å². The number of rotatable bonds is 6. The Kier molecular flexibility index (Phi) is 5.52. The number of benzene rings is 2. The first-order valence-electron chi connectivity index (χ1n) is 9.70. The summed E-state index contributed by atoms with van der Waals surface area (Å²) in [6.07, 6.45) is 13.9. The van der Waals surface area contributed by atoms with Crippen molar-refractivity contribution in [2.75, 3.05) is 0 Å². The highest BCUT2D eigenvalue weighted by Gasteiger charge is 2.03. The Hall–Kier alpha value is -3.99. The average Bonchev–Trinajstić information content (AvgIpc) is 3.26. The fourth-order valence-corrected chi connectivity index (χ4v) is 3.27. The summed E-state index contributed by atoms with van der Waals surface area (Å²) in [4.78, 5) is 21.1. The molecule has 0 radical (unpaired) electrons. The lowest BCUT2D eigenvalue weighted by Gasteiger charge is -1.95. The van der Waals surface area contributed by atoms with Gasteiger partial charge >= 0.3 is 0 Å².